The lowest BCUT2D eigenvalue weighted by Crippen LogP contribution is -2.57. The van der Waals surface area contributed by atoms with Gasteiger partial charge in [-0.25, -0.2) is 28.0 Å². The van der Waals surface area contributed by atoms with Crippen LogP contribution in [0.5, 0.6) is 0 Å². The molecule has 2 amide bonds. The molecule has 0 aromatic carbocycles. The molecule has 7 N–H and O–H groups in total. The second-order valence-electron chi connectivity index (χ2n) is 12.2. The third kappa shape index (κ3) is 5.46. The van der Waals surface area contributed by atoms with Gasteiger partial charge in [-0.3, -0.25) is 14.4 Å². The second kappa shape index (κ2) is 11.8. The first kappa shape index (κ1) is 34.0. The Hall–Kier alpha value is -5.46. The molecule has 7 rings (SSSR count). The van der Waals surface area contributed by atoms with Gasteiger partial charge in [-0.2, -0.15) is 13.5 Å². The number of hydrogen-bond acceptors (Lipinski definition) is 17. The molecular formula is C27H27N7O15S2. The summed E-state index contributed by atoms with van der Waals surface area (Å²) in [6.45, 7) is -0.692. The predicted molar refractivity (Wildman–Crippen MR) is 163 cm³/mol. The van der Waals surface area contributed by atoms with E-state index in [4.69, 9.17) is 24.9 Å². The van der Waals surface area contributed by atoms with Crippen molar-refractivity contribution in [3.8, 4) is 0 Å². The Morgan fingerprint density at radius 1 is 1.08 bits per heavy atom. The van der Waals surface area contributed by atoms with Crippen molar-refractivity contribution in [1.82, 2.24) is 24.0 Å². The van der Waals surface area contributed by atoms with Crippen LogP contribution in [-0.4, -0.2) is 125 Å². The Morgan fingerprint density at radius 2 is 1.78 bits per heavy atom. The molecule has 0 spiro atoms. The molecule has 1 aromatic rings. The number of nitrogens with two attached hydrogens (primary N) is 1. The van der Waals surface area contributed by atoms with E-state index in [1.165, 1.54) is 5.38 Å². The fourth-order valence-electron chi connectivity index (χ4n) is 6.49. The minimum absolute atomic E-state index is 0.0161. The Bertz CT molecular complexity index is 1980. The van der Waals surface area contributed by atoms with Gasteiger partial charge in [0.1, 0.15) is 24.4 Å². The summed E-state index contributed by atoms with van der Waals surface area (Å²) in [6, 6.07) is -3.50. The van der Waals surface area contributed by atoms with E-state index in [9.17, 15) is 52.8 Å². The van der Waals surface area contributed by atoms with E-state index in [0.29, 0.717) is 27.7 Å². The second-order valence-corrected chi connectivity index (χ2v) is 14.8. The highest BCUT2D eigenvalue weighted by molar-refractivity contribution is 7.87. The minimum atomic E-state index is -4.66. The number of rotatable bonds is 9. The van der Waals surface area contributed by atoms with E-state index < -0.39 is 106 Å². The Kier molecular flexibility index (Phi) is 7.88. The number of anilines is 1. The highest BCUT2D eigenvalue weighted by Gasteiger charge is 2.65. The highest BCUT2D eigenvalue weighted by atomic mass is 32.2. The van der Waals surface area contributed by atoms with Crippen LogP contribution in [-0.2, 0) is 53.3 Å². The number of oxime groups is 1. The van der Waals surface area contributed by atoms with Crippen molar-refractivity contribution in [2.45, 2.75) is 67.7 Å². The number of aliphatic carboxylic acids is 2. The molecule has 24 heteroatoms. The van der Waals surface area contributed by atoms with E-state index in [1.54, 1.807) is 0 Å². The van der Waals surface area contributed by atoms with Crippen LogP contribution >= 0.6 is 11.3 Å². The monoisotopic (exact) mass is 753 g/mol. The number of hydroxylamine groups is 2. The zero-order valence-electron chi connectivity index (χ0n) is 25.8. The van der Waals surface area contributed by atoms with Crippen LogP contribution in [0.15, 0.2) is 46.2 Å². The number of esters is 1. The molecule has 6 aliphatic heterocycles. The summed E-state index contributed by atoms with van der Waals surface area (Å²) in [5.41, 5.74) is 0.0825. The first-order valence-corrected chi connectivity index (χ1v) is 17.3. The number of thiazole rings is 1. The number of hydrogen-bond donors (Lipinski definition) is 6. The molecule has 4 unspecified atom stereocenters. The van der Waals surface area contributed by atoms with E-state index in [-0.39, 0.29) is 34.4 Å². The van der Waals surface area contributed by atoms with Gasteiger partial charge in [0.25, 0.3) is 11.8 Å². The summed E-state index contributed by atoms with van der Waals surface area (Å²) in [4.78, 5) is 80.1. The van der Waals surface area contributed by atoms with Gasteiger partial charge in [0.2, 0.25) is 5.60 Å². The lowest BCUT2D eigenvalue weighted by Gasteiger charge is -2.34. The molecule has 0 radical (unpaired) electrons. The number of amides is 2. The molecular weight excluding hydrogens is 726 g/mol. The SMILES string of the molecule is Nc1nc(/C(=N/OC2(C(=O)O)CC3CCC(C2)O3)C(=O)N[C@H]2CON(C3(C(=O)O)CC(N4C=C5C=C(O)C(O)=CN5S4(=O)=O)C(=O)O3)C2=O)cs1. The molecule has 51 heavy (non-hydrogen) atoms. The predicted octanol–water partition coefficient (Wildman–Crippen LogP) is -1.48. The number of carboxylic acids is 2. The third-order valence-corrected chi connectivity index (χ3v) is 11.3. The maximum atomic E-state index is 13.6. The summed E-state index contributed by atoms with van der Waals surface area (Å²) in [5, 5.41) is 47.6. The minimum Gasteiger partial charge on any atom is -0.504 e. The standard InChI is InChI=1S/C27H27N7O15S2/c28-25-30-15(10-50-25)19(31-49-26(23(40)41)4-12-1-2-13(5-26)47-12)20(37)29-14-9-46-34(21(14)38)27(24(42)43)6-16(22(39)48-27)33-7-11-3-17(35)18(36)8-32(11)51(33,44)45/h3,7-8,10,12-14,16,35-36H,1-2,4-6,9H2,(H2,28,30)(H,29,37)(H,40,41)(H,42,43)/b31-19-/t12?,13?,14-,16?,26?,27?/m0/s1. The molecule has 6 aliphatic rings. The molecule has 0 aliphatic carbocycles. The molecule has 2 bridgehead atoms. The van der Waals surface area contributed by atoms with E-state index in [2.05, 4.69) is 15.5 Å². The van der Waals surface area contributed by atoms with Gasteiger partial charge in [0.05, 0.1) is 30.5 Å². The number of aliphatic hydroxyl groups excluding tert-OH is 2. The molecule has 4 saturated heterocycles. The average molecular weight is 754 g/mol. The van der Waals surface area contributed by atoms with E-state index in [1.807, 2.05) is 0 Å². The van der Waals surface area contributed by atoms with Crippen molar-refractivity contribution in [2.75, 3.05) is 12.3 Å². The maximum absolute atomic E-state index is 13.6. The summed E-state index contributed by atoms with van der Waals surface area (Å²) in [6.07, 6.45) is 1.79. The van der Waals surface area contributed by atoms with Crippen LogP contribution in [0.4, 0.5) is 5.13 Å². The molecule has 4 fully saturated rings. The summed E-state index contributed by atoms with van der Waals surface area (Å²) >= 11 is 0.924. The Balaban J connectivity index is 1.11. The third-order valence-electron chi connectivity index (χ3n) is 8.96. The van der Waals surface area contributed by atoms with Crippen molar-refractivity contribution in [2.24, 2.45) is 5.16 Å². The van der Waals surface area contributed by atoms with Crippen molar-refractivity contribution in [3.05, 3.63) is 46.8 Å². The van der Waals surface area contributed by atoms with Gasteiger partial charge in [-0.1, -0.05) is 5.16 Å². The quantitative estimate of drug-likeness (QED) is 0.0952. The smallest absolute Gasteiger partial charge is 0.372 e. The van der Waals surface area contributed by atoms with Crippen LogP contribution in [0, 0.1) is 0 Å². The zero-order chi connectivity index (χ0) is 36.6. The van der Waals surface area contributed by atoms with E-state index >= 15 is 0 Å². The number of nitrogen functional groups attached to an aromatic ring is 1. The lowest BCUT2D eigenvalue weighted by molar-refractivity contribution is -0.256. The normalized spacial score (nSPS) is 32.6. The number of nitrogens with one attached hydrogen (secondary N) is 1. The molecule has 1 aromatic heterocycles. The number of carbonyl (C=O) groups excluding carboxylic acids is 3. The van der Waals surface area contributed by atoms with Gasteiger partial charge in [0.15, 0.2) is 22.4 Å². The van der Waals surface area contributed by atoms with Crippen molar-refractivity contribution in [3.63, 3.8) is 0 Å². The molecule has 22 nitrogen and oxygen atoms in total. The number of ether oxygens (including phenoxy) is 2. The topological polar surface area (TPSA) is 310 Å². The number of carboxylic acid groups (broad SMARTS) is 2. The van der Waals surface area contributed by atoms with Gasteiger partial charge in [0, 0.05) is 30.5 Å². The largest absolute Gasteiger partial charge is 0.504 e. The number of nitrogens with zero attached hydrogens (tertiary/aromatic N) is 5. The summed E-state index contributed by atoms with van der Waals surface area (Å²) < 4.78 is 38.3. The molecule has 7 heterocycles. The zero-order valence-corrected chi connectivity index (χ0v) is 27.4. The fourth-order valence-corrected chi connectivity index (χ4v) is 8.56. The Morgan fingerprint density at radius 3 is 2.41 bits per heavy atom. The van der Waals surface area contributed by atoms with Gasteiger partial charge in [-0.15, -0.1) is 11.3 Å². The average Bonchev–Trinajstić information content (AvgIpc) is 3.87. The highest BCUT2D eigenvalue weighted by Crippen LogP contribution is 2.42. The van der Waals surface area contributed by atoms with Crippen LogP contribution in [0.1, 0.15) is 37.8 Å². The van der Waals surface area contributed by atoms with Crippen molar-refractivity contribution < 1.29 is 72.0 Å². The van der Waals surface area contributed by atoms with Crippen molar-refractivity contribution in [1.29, 1.82) is 0 Å². The number of carbonyl (C=O) groups is 5. The first-order valence-electron chi connectivity index (χ1n) is 15.0. The number of allylic oxidation sites excluding steroid dienone is 1. The van der Waals surface area contributed by atoms with Crippen molar-refractivity contribution >= 4 is 62.1 Å². The van der Waals surface area contributed by atoms with Crippen LogP contribution < -0.4 is 11.1 Å². The number of aliphatic hydroxyl groups is 2. The van der Waals surface area contributed by atoms with Gasteiger partial charge < -0.3 is 45.8 Å². The van der Waals surface area contributed by atoms with Crippen LogP contribution in [0.25, 0.3) is 0 Å². The van der Waals surface area contributed by atoms with Gasteiger partial charge >= 0.3 is 33.8 Å². The first-order chi connectivity index (χ1) is 24.0. The van der Waals surface area contributed by atoms with Crippen LogP contribution in [0.3, 0.4) is 0 Å². The number of aromatic nitrogens is 1. The summed E-state index contributed by atoms with van der Waals surface area (Å²) in [7, 11) is -4.66. The summed E-state index contributed by atoms with van der Waals surface area (Å²) in [5.74, 6) is -8.46. The lowest BCUT2D eigenvalue weighted by atomic mass is 9.90. The van der Waals surface area contributed by atoms with Gasteiger partial charge in [-0.05, 0) is 12.8 Å². The molecule has 0 saturated carbocycles. The molecule has 272 valence electrons. The Labute approximate surface area is 289 Å². The molecule has 5 atom stereocenters. The van der Waals surface area contributed by atoms with Crippen LogP contribution in [0.2, 0.25) is 0 Å². The maximum Gasteiger partial charge on any atom is 0.372 e. The van der Waals surface area contributed by atoms with E-state index in [0.717, 1.165) is 23.6 Å². The fraction of sp³-hybridized carbons (Fsp3) is 0.444. The number of fused-ring (bicyclic) bond motifs is 3. The number of cyclic esters (lactones) is 1.